The van der Waals surface area contributed by atoms with E-state index in [9.17, 15) is 0 Å². The lowest BCUT2D eigenvalue weighted by atomic mass is 10.3. The highest BCUT2D eigenvalue weighted by Gasteiger charge is 1.99. The van der Waals surface area contributed by atoms with Crippen molar-refractivity contribution in [3.8, 4) is 0 Å². The average Bonchev–Trinajstić information content (AvgIpc) is 2.40. The lowest BCUT2D eigenvalue weighted by Gasteiger charge is -2.05. The minimum absolute atomic E-state index is 0.647. The summed E-state index contributed by atoms with van der Waals surface area (Å²) in [4.78, 5) is 12.7. The van der Waals surface area contributed by atoms with E-state index in [-0.39, 0.29) is 0 Å². The minimum atomic E-state index is 0.647. The van der Waals surface area contributed by atoms with Gasteiger partial charge < -0.3 is 5.32 Å². The van der Waals surface area contributed by atoms with Gasteiger partial charge >= 0.3 is 0 Å². The zero-order chi connectivity index (χ0) is 11.5. The van der Waals surface area contributed by atoms with Gasteiger partial charge in [0, 0.05) is 18.1 Å². The van der Waals surface area contributed by atoms with Crippen LogP contribution in [0.25, 0.3) is 11.2 Å². The minimum Gasteiger partial charge on any atom is -0.340 e. The number of hydrogen-bond acceptors (Lipinski definition) is 4. The Kier molecular flexibility index (Phi) is 2.38. The van der Waals surface area contributed by atoms with Gasteiger partial charge in [-0.25, -0.2) is 9.97 Å². The summed E-state index contributed by atoms with van der Waals surface area (Å²) in [6.45, 7) is 0. The van der Waals surface area contributed by atoms with Crippen LogP contribution in [0.4, 0.5) is 11.5 Å². The van der Waals surface area contributed by atoms with Gasteiger partial charge in [-0.3, -0.25) is 4.98 Å². The topological polar surface area (TPSA) is 50.7 Å². The van der Waals surface area contributed by atoms with Crippen LogP contribution in [0.3, 0.4) is 0 Å². The van der Waals surface area contributed by atoms with Gasteiger partial charge in [-0.1, -0.05) is 18.2 Å². The number of para-hydroxylation sites is 1. The molecule has 0 bridgehead atoms. The second-order valence-electron chi connectivity index (χ2n) is 3.59. The lowest BCUT2D eigenvalue weighted by molar-refractivity contribution is 1.22. The molecule has 0 saturated heterocycles. The molecule has 0 unspecified atom stereocenters. The molecule has 0 saturated carbocycles. The third kappa shape index (κ3) is 2.06. The first-order valence-corrected chi connectivity index (χ1v) is 5.32. The Balaban J connectivity index is 1.96. The first-order chi connectivity index (χ1) is 8.42. The van der Waals surface area contributed by atoms with E-state index in [1.165, 1.54) is 0 Å². The predicted molar refractivity (Wildman–Crippen MR) is 67.1 cm³/mol. The van der Waals surface area contributed by atoms with E-state index >= 15 is 0 Å². The summed E-state index contributed by atoms with van der Waals surface area (Å²) in [6, 6.07) is 13.7. The van der Waals surface area contributed by atoms with Crippen molar-refractivity contribution in [3.05, 3.63) is 54.9 Å². The fourth-order valence-electron chi connectivity index (χ4n) is 1.59. The van der Waals surface area contributed by atoms with Gasteiger partial charge in [0.1, 0.15) is 11.3 Å². The van der Waals surface area contributed by atoms with Crippen LogP contribution in [-0.2, 0) is 0 Å². The normalized spacial score (nSPS) is 10.4. The van der Waals surface area contributed by atoms with E-state index in [2.05, 4.69) is 20.3 Å². The average molecular weight is 222 g/mol. The van der Waals surface area contributed by atoms with Crippen LogP contribution in [0.15, 0.2) is 54.9 Å². The van der Waals surface area contributed by atoms with Crippen LogP contribution in [0.1, 0.15) is 0 Å². The fraction of sp³-hybridized carbons (Fsp3) is 0. The zero-order valence-electron chi connectivity index (χ0n) is 9.04. The summed E-state index contributed by atoms with van der Waals surface area (Å²) in [5, 5.41) is 3.22. The van der Waals surface area contributed by atoms with Gasteiger partial charge in [-0.15, -0.1) is 0 Å². The molecule has 0 aliphatic carbocycles. The molecule has 0 aliphatic heterocycles. The first kappa shape index (κ1) is 9.72. The van der Waals surface area contributed by atoms with Crippen molar-refractivity contribution < 1.29 is 0 Å². The van der Waals surface area contributed by atoms with Crippen LogP contribution in [0.2, 0.25) is 0 Å². The molecule has 82 valence electrons. The molecule has 4 heteroatoms. The Bertz CT molecular complexity index is 637. The molecule has 1 aromatic carbocycles. The third-order valence-electron chi connectivity index (χ3n) is 2.38. The number of pyridine rings is 1. The zero-order valence-corrected chi connectivity index (χ0v) is 9.04. The summed E-state index contributed by atoms with van der Waals surface area (Å²) in [5.41, 5.74) is 2.45. The smallest absolute Gasteiger partial charge is 0.180 e. The van der Waals surface area contributed by atoms with Gasteiger partial charge in [0.05, 0.1) is 0 Å². The number of nitrogens with one attached hydrogen (secondary N) is 1. The molecule has 0 radical (unpaired) electrons. The standard InChI is InChI=1S/C13H10N4/c1-2-4-10(5-3-1)16-12-7-6-11-13(17-12)15-9-8-14-11/h1-9H,(H,15,16,17). The Morgan fingerprint density at radius 2 is 1.65 bits per heavy atom. The summed E-state index contributed by atoms with van der Waals surface area (Å²) in [7, 11) is 0. The Morgan fingerprint density at radius 1 is 0.824 bits per heavy atom. The molecule has 3 aromatic rings. The van der Waals surface area contributed by atoms with E-state index < -0.39 is 0 Å². The van der Waals surface area contributed by atoms with E-state index in [4.69, 9.17) is 0 Å². The number of rotatable bonds is 2. The second-order valence-corrected chi connectivity index (χ2v) is 3.59. The van der Waals surface area contributed by atoms with Gasteiger partial charge in [-0.2, -0.15) is 0 Å². The van der Waals surface area contributed by atoms with Crippen molar-refractivity contribution in [1.82, 2.24) is 15.0 Å². The summed E-state index contributed by atoms with van der Waals surface area (Å²) in [5.74, 6) is 0.768. The highest BCUT2D eigenvalue weighted by Crippen LogP contribution is 2.15. The summed E-state index contributed by atoms with van der Waals surface area (Å²) in [6.07, 6.45) is 3.30. The first-order valence-electron chi connectivity index (χ1n) is 5.32. The number of fused-ring (bicyclic) bond motifs is 1. The molecule has 0 amide bonds. The molecule has 0 aliphatic rings. The van der Waals surface area contributed by atoms with Crippen molar-refractivity contribution in [2.45, 2.75) is 0 Å². The van der Waals surface area contributed by atoms with Crippen LogP contribution in [0, 0.1) is 0 Å². The number of aromatic nitrogens is 3. The van der Waals surface area contributed by atoms with Gasteiger partial charge in [-0.05, 0) is 24.3 Å². The molecule has 2 aromatic heterocycles. The maximum absolute atomic E-state index is 4.39. The Hall–Kier alpha value is -2.49. The lowest BCUT2D eigenvalue weighted by Crippen LogP contribution is -1.94. The Morgan fingerprint density at radius 3 is 2.53 bits per heavy atom. The maximum Gasteiger partial charge on any atom is 0.180 e. The fourth-order valence-corrected chi connectivity index (χ4v) is 1.59. The third-order valence-corrected chi connectivity index (χ3v) is 2.38. The maximum atomic E-state index is 4.39. The Labute approximate surface area is 98.4 Å². The van der Waals surface area contributed by atoms with E-state index in [0.717, 1.165) is 17.0 Å². The number of hydrogen-bond donors (Lipinski definition) is 1. The summed E-state index contributed by atoms with van der Waals surface area (Å²) >= 11 is 0. The largest absolute Gasteiger partial charge is 0.340 e. The van der Waals surface area contributed by atoms with Crippen molar-refractivity contribution in [2.24, 2.45) is 0 Å². The SMILES string of the molecule is c1ccc(Nc2ccc3nccnc3n2)cc1. The predicted octanol–water partition coefficient (Wildman–Crippen LogP) is 2.77. The molecule has 17 heavy (non-hydrogen) atoms. The van der Waals surface area contributed by atoms with Crippen LogP contribution < -0.4 is 5.32 Å². The highest BCUT2D eigenvalue weighted by molar-refractivity contribution is 5.72. The van der Waals surface area contributed by atoms with Gasteiger partial charge in [0.15, 0.2) is 5.65 Å². The molecular formula is C13H10N4. The monoisotopic (exact) mass is 222 g/mol. The van der Waals surface area contributed by atoms with Crippen LogP contribution >= 0.6 is 0 Å². The van der Waals surface area contributed by atoms with Crippen molar-refractivity contribution in [2.75, 3.05) is 5.32 Å². The van der Waals surface area contributed by atoms with Crippen LogP contribution in [0.5, 0.6) is 0 Å². The molecule has 3 rings (SSSR count). The van der Waals surface area contributed by atoms with Crippen molar-refractivity contribution in [3.63, 3.8) is 0 Å². The quantitative estimate of drug-likeness (QED) is 0.724. The molecule has 0 fully saturated rings. The highest BCUT2D eigenvalue weighted by atomic mass is 15.0. The molecule has 0 spiro atoms. The second kappa shape index (κ2) is 4.17. The molecule has 2 heterocycles. The summed E-state index contributed by atoms with van der Waals surface area (Å²) < 4.78 is 0. The van der Waals surface area contributed by atoms with E-state index in [0.29, 0.717) is 5.65 Å². The van der Waals surface area contributed by atoms with Gasteiger partial charge in [0.25, 0.3) is 0 Å². The van der Waals surface area contributed by atoms with Crippen molar-refractivity contribution in [1.29, 1.82) is 0 Å². The number of anilines is 2. The van der Waals surface area contributed by atoms with E-state index in [1.54, 1.807) is 12.4 Å². The van der Waals surface area contributed by atoms with Crippen molar-refractivity contribution >= 4 is 22.7 Å². The molecule has 0 atom stereocenters. The van der Waals surface area contributed by atoms with Crippen LogP contribution in [-0.4, -0.2) is 15.0 Å². The van der Waals surface area contributed by atoms with E-state index in [1.807, 2.05) is 42.5 Å². The molecule has 4 nitrogen and oxygen atoms in total. The molecule has 1 N–H and O–H groups in total. The number of nitrogens with zero attached hydrogens (tertiary/aromatic N) is 3. The number of benzene rings is 1. The molecular weight excluding hydrogens is 212 g/mol. The van der Waals surface area contributed by atoms with Gasteiger partial charge in [0.2, 0.25) is 0 Å².